The second-order valence-corrected chi connectivity index (χ2v) is 12.6. The highest BCUT2D eigenvalue weighted by Gasteiger charge is 2.34. The molecule has 3 aromatic carbocycles. The van der Waals surface area contributed by atoms with E-state index in [1.807, 2.05) is 84.9 Å². The van der Waals surface area contributed by atoms with Crippen molar-refractivity contribution in [2.24, 2.45) is 0 Å². The first-order valence-electron chi connectivity index (χ1n) is 13.7. The predicted octanol–water partition coefficient (Wildman–Crippen LogP) is 5.45. The van der Waals surface area contributed by atoms with E-state index in [-0.39, 0.29) is 23.4 Å². The summed E-state index contributed by atoms with van der Waals surface area (Å²) in [6.45, 7) is 12.9. The lowest BCUT2D eigenvalue weighted by molar-refractivity contribution is -0.140. The molecule has 0 bridgehead atoms. The number of nitrogens with zero attached hydrogens (tertiary/aromatic N) is 2. The monoisotopic (exact) mass is 563 g/mol. The van der Waals surface area contributed by atoms with E-state index in [2.05, 4.69) is 5.32 Å². The molecule has 40 heavy (non-hydrogen) atoms. The number of aryl methyl sites for hydroxylation is 4. The van der Waals surface area contributed by atoms with E-state index in [1.165, 1.54) is 9.21 Å². The maximum Gasteiger partial charge on any atom is 0.264 e. The Labute approximate surface area is 239 Å². The van der Waals surface area contributed by atoms with Crippen LogP contribution in [0.25, 0.3) is 0 Å². The van der Waals surface area contributed by atoms with Crippen molar-refractivity contribution in [1.29, 1.82) is 0 Å². The molecule has 0 radical (unpaired) electrons. The van der Waals surface area contributed by atoms with E-state index >= 15 is 0 Å². The molecule has 0 aromatic heterocycles. The molecule has 0 saturated heterocycles. The minimum Gasteiger partial charge on any atom is -0.352 e. The van der Waals surface area contributed by atoms with Gasteiger partial charge in [-0.25, -0.2) is 8.42 Å². The average Bonchev–Trinajstić information content (AvgIpc) is 2.88. The molecule has 214 valence electrons. The summed E-state index contributed by atoms with van der Waals surface area (Å²) in [7, 11) is -4.10. The number of carbonyl (C=O) groups excluding carboxylic acids is 2. The van der Waals surface area contributed by atoms with Crippen LogP contribution < -0.4 is 9.62 Å². The van der Waals surface area contributed by atoms with Gasteiger partial charge in [-0.3, -0.25) is 13.9 Å². The Morgan fingerprint density at radius 3 is 2.08 bits per heavy atom. The Morgan fingerprint density at radius 2 is 1.48 bits per heavy atom. The van der Waals surface area contributed by atoms with Crippen LogP contribution in [0.5, 0.6) is 0 Å². The van der Waals surface area contributed by atoms with Crippen LogP contribution in [-0.2, 0) is 26.2 Å². The number of rotatable bonds is 11. The molecule has 2 amide bonds. The summed E-state index contributed by atoms with van der Waals surface area (Å²) in [4.78, 5) is 29.0. The van der Waals surface area contributed by atoms with Crippen LogP contribution in [0.4, 0.5) is 5.69 Å². The number of anilines is 1. The van der Waals surface area contributed by atoms with Crippen LogP contribution in [0, 0.1) is 27.7 Å². The molecule has 8 heteroatoms. The van der Waals surface area contributed by atoms with Crippen LogP contribution >= 0.6 is 0 Å². The quantitative estimate of drug-likeness (QED) is 0.336. The highest BCUT2D eigenvalue weighted by Crippen LogP contribution is 2.29. The third-order valence-corrected chi connectivity index (χ3v) is 8.55. The second-order valence-electron chi connectivity index (χ2n) is 10.7. The number of hydrogen-bond donors (Lipinski definition) is 1. The van der Waals surface area contributed by atoms with Gasteiger partial charge in [-0.2, -0.15) is 0 Å². The zero-order valence-electron chi connectivity index (χ0n) is 24.6. The lowest BCUT2D eigenvalue weighted by Gasteiger charge is -2.34. The number of nitrogens with one attached hydrogen (secondary N) is 1. The lowest BCUT2D eigenvalue weighted by Crippen LogP contribution is -2.53. The van der Waals surface area contributed by atoms with E-state index in [0.29, 0.717) is 12.1 Å². The molecule has 0 aliphatic rings. The molecule has 0 aliphatic heterocycles. The van der Waals surface area contributed by atoms with E-state index in [9.17, 15) is 18.0 Å². The zero-order valence-corrected chi connectivity index (χ0v) is 25.4. The van der Waals surface area contributed by atoms with Crippen molar-refractivity contribution < 1.29 is 18.0 Å². The summed E-state index contributed by atoms with van der Waals surface area (Å²) in [5, 5.41) is 2.92. The van der Waals surface area contributed by atoms with Gasteiger partial charge in [0.1, 0.15) is 12.6 Å². The van der Waals surface area contributed by atoms with E-state index in [4.69, 9.17) is 0 Å². The van der Waals surface area contributed by atoms with Gasteiger partial charge in [0.25, 0.3) is 10.0 Å². The molecule has 0 aliphatic carbocycles. The molecular formula is C32H41N3O4S. The fourth-order valence-corrected chi connectivity index (χ4v) is 6.12. The van der Waals surface area contributed by atoms with Crippen molar-refractivity contribution in [1.82, 2.24) is 10.2 Å². The topological polar surface area (TPSA) is 86.8 Å². The van der Waals surface area contributed by atoms with E-state index in [0.717, 1.165) is 27.8 Å². The van der Waals surface area contributed by atoms with Crippen LogP contribution in [-0.4, -0.2) is 43.8 Å². The van der Waals surface area contributed by atoms with Crippen LogP contribution in [0.3, 0.4) is 0 Å². The first-order chi connectivity index (χ1) is 18.8. The number of sulfonamides is 1. The van der Waals surface area contributed by atoms with Crippen molar-refractivity contribution in [3.63, 3.8) is 0 Å². The highest BCUT2D eigenvalue weighted by atomic mass is 32.2. The number of hydrogen-bond acceptors (Lipinski definition) is 4. The van der Waals surface area contributed by atoms with Gasteiger partial charge in [0.15, 0.2) is 0 Å². The Morgan fingerprint density at radius 1 is 0.850 bits per heavy atom. The fourth-order valence-electron chi connectivity index (χ4n) is 4.65. The molecule has 7 nitrogen and oxygen atoms in total. The predicted molar refractivity (Wildman–Crippen MR) is 161 cm³/mol. The van der Waals surface area contributed by atoms with Crippen molar-refractivity contribution in [2.75, 3.05) is 10.8 Å². The van der Waals surface area contributed by atoms with Gasteiger partial charge < -0.3 is 10.2 Å². The van der Waals surface area contributed by atoms with Crippen molar-refractivity contribution in [3.8, 4) is 0 Å². The van der Waals surface area contributed by atoms with E-state index in [1.54, 1.807) is 30.3 Å². The first kappa shape index (κ1) is 30.9. The minimum absolute atomic E-state index is 0.0987. The van der Waals surface area contributed by atoms with Gasteiger partial charge in [-0.1, -0.05) is 66.6 Å². The minimum atomic E-state index is -4.10. The summed E-state index contributed by atoms with van der Waals surface area (Å²) >= 11 is 0. The molecule has 0 unspecified atom stereocenters. The summed E-state index contributed by atoms with van der Waals surface area (Å²) in [6.07, 6.45) is 0.379. The summed E-state index contributed by atoms with van der Waals surface area (Å²) in [5.74, 6) is -0.720. The molecule has 3 rings (SSSR count). The van der Waals surface area contributed by atoms with Gasteiger partial charge in [-0.05, 0) is 82.9 Å². The van der Waals surface area contributed by atoms with Crippen LogP contribution in [0.15, 0.2) is 71.6 Å². The molecule has 0 fully saturated rings. The van der Waals surface area contributed by atoms with Gasteiger partial charge in [0, 0.05) is 12.6 Å². The molecule has 0 heterocycles. The third-order valence-electron chi connectivity index (χ3n) is 6.77. The van der Waals surface area contributed by atoms with Crippen molar-refractivity contribution in [2.45, 2.75) is 78.4 Å². The fraction of sp³-hybridized carbons (Fsp3) is 0.375. The van der Waals surface area contributed by atoms with Crippen molar-refractivity contribution in [3.05, 3.63) is 94.5 Å². The standard InChI is InChI=1S/C32H41N3O4S/c1-8-29(32(37)33-22(2)3)34(20-27-11-9-10-24(5)18-27)31(36)21-35(30-19-25(6)12-15-26(30)7)40(38,39)28-16-13-23(4)14-17-28/h9-19,22,29H,8,20-21H2,1-7H3,(H,33,37)/t29-/m1/s1. The Bertz CT molecular complexity index is 1450. The Balaban J connectivity index is 2.11. The molecule has 0 spiro atoms. The van der Waals surface area contributed by atoms with Gasteiger partial charge in [0.2, 0.25) is 11.8 Å². The molecule has 1 N–H and O–H groups in total. The second kappa shape index (κ2) is 13.1. The molecule has 3 aromatic rings. The third kappa shape index (κ3) is 7.50. The highest BCUT2D eigenvalue weighted by molar-refractivity contribution is 7.92. The lowest BCUT2D eigenvalue weighted by atomic mass is 10.1. The van der Waals surface area contributed by atoms with Gasteiger partial charge in [-0.15, -0.1) is 0 Å². The maximum atomic E-state index is 14.2. The molecule has 1 atom stereocenters. The first-order valence-corrected chi connectivity index (χ1v) is 15.1. The Kier molecular flexibility index (Phi) is 10.1. The Hall–Kier alpha value is -3.65. The van der Waals surface area contributed by atoms with Crippen LogP contribution in [0.1, 0.15) is 55.0 Å². The number of carbonyl (C=O) groups is 2. The summed E-state index contributed by atoms with van der Waals surface area (Å²) in [5.41, 5.74) is 4.86. The van der Waals surface area contributed by atoms with E-state index < -0.39 is 28.5 Å². The zero-order chi connectivity index (χ0) is 29.6. The molecular weight excluding hydrogens is 522 g/mol. The normalized spacial score (nSPS) is 12.2. The summed E-state index contributed by atoms with van der Waals surface area (Å²) in [6, 6.07) is 19.0. The van der Waals surface area contributed by atoms with Gasteiger partial charge in [0.05, 0.1) is 10.6 Å². The smallest absolute Gasteiger partial charge is 0.264 e. The number of amides is 2. The number of benzene rings is 3. The summed E-state index contributed by atoms with van der Waals surface area (Å²) < 4.78 is 29.3. The SMILES string of the molecule is CC[C@H](C(=O)NC(C)C)N(Cc1cccc(C)c1)C(=O)CN(c1cc(C)ccc1C)S(=O)(=O)c1ccc(C)cc1. The average molecular weight is 564 g/mol. The van der Waals surface area contributed by atoms with Crippen molar-refractivity contribution >= 4 is 27.5 Å². The van der Waals surface area contributed by atoms with Gasteiger partial charge >= 0.3 is 0 Å². The molecule has 0 saturated carbocycles. The maximum absolute atomic E-state index is 14.2. The largest absolute Gasteiger partial charge is 0.352 e. The van der Waals surface area contributed by atoms with Crippen LogP contribution in [0.2, 0.25) is 0 Å².